The van der Waals surface area contributed by atoms with E-state index in [0.29, 0.717) is 28.8 Å². The third kappa shape index (κ3) is 4.38. The zero-order valence-electron chi connectivity index (χ0n) is 12.2. The number of carbonyl (C=O) groups excluding carboxylic acids is 2. The highest BCUT2D eigenvalue weighted by Crippen LogP contribution is 2.32. The second kappa shape index (κ2) is 8.05. The maximum Gasteiger partial charge on any atom is 0.305 e. The number of ether oxygens (including phenoxy) is 1. The summed E-state index contributed by atoms with van der Waals surface area (Å²) in [7, 11) is 0. The molecule has 1 aliphatic heterocycles. The van der Waals surface area contributed by atoms with Crippen LogP contribution in [0.25, 0.3) is 6.08 Å². The van der Waals surface area contributed by atoms with Crippen molar-refractivity contribution in [2.45, 2.75) is 19.8 Å². The zero-order valence-corrected chi connectivity index (χ0v) is 13.8. The van der Waals surface area contributed by atoms with Crippen LogP contribution in [0.4, 0.5) is 0 Å². The molecule has 2 rings (SSSR count). The third-order valence-corrected chi connectivity index (χ3v) is 4.32. The Morgan fingerprint density at radius 3 is 2.86 bits per heavy atom. The van der Waals surface area contributed by atoms with E-state index < -0.39 is 0 Å². The Morgan fingerprint density at radius 1 is 1.45 bits per heavy atom. The molecule has 1 saturated heterocycles. The maximum absolute atomic E-state index is 12.3. The van der Waals surface area contributed by atoms with E-state index in [0.717, 1.165) is 5.56 Å². The Labute approximate surface area is 138 Å². The molecule has 7 heteroatoms. The van der Waals surface area contributed by atoms with E-state index in [1.807, 2.05) is 12.1 Å². The van der Waals surface area contributed by atoms with E-state index in [1.54, 1.807) is 25.4 Å². The molecule has 0 atom stereocenters. The average molecular weight is 336 g/mol. The third-order valence-electron chi connectivity index (χ3n) is 2.95. The number of hydrogen-bond donors (Lipinski definition) is 0. The smallest absolute Gasteiger partial charge is 0.305 e. The van der Waals surface area contributed by atoms with Crippen LogP contribution in [0.15, 0.2) is 29.4 Å². The summed E-state index contributed by atoms with van der Waals surface area (Å²) in [5, 5.41) is 0. The van der Waals surface area contributed by atoms with Crippen molar-refractivity contribution >= 4 is 46.3 Å². The quantitative estimate of drug-likeness (QED) is 0.452. The normalized spacial score (nSPS) is 16.4. The van der Waals surface area contributed by atoms with E-state index >= 15 is 0 Å². The van der Waals surface area contributed by atoms with E-state index in [-0.39, 0.29) is 18.3 Å². The van der Waals surface area contributed by atoms with Crippen molar-refractivity contribution < 1.29 is 14.3 Å². The number of rotatable bonds is 6. The molecule has 1 amide bonds. The molecule has 0 aromatic carbocycles. The highest BCUT2D eigenvalue weighted by Gasteiger charge is 2.31. The number of esters is 1. The lowest BCUT2D eigenvalue weighted by Gasteiger charge is -2.13. The van der Waals surface area contributed by atoms with Crippen LogP contribution in [0.5, 0.6) is 0 Å². The number of thioether (sulfide) groups is 1. The molecule has 1 aliphatic rings. The van der Waals surface area contributed by atoms with Gasteiger partial charge in [-0.2, -0.15) is 0 Å². The fraction of sp³-hybridized carbons (Fsp3) is 0.333. The van der Waals surface area contributed by atoms with E-state index in [9.17, 15) is 9.59 Å². The van der Waals surface area contributed by atoms with Gasteiger partial charge in [0, 0.05) is 25.4 Å². The minimum atomic E-state index is -0.250. The largest absolute Gasteiger partial charge is 0.466 e. The van der Waals surface area contributed by atoms with Crippen molar-refractivity contribution in [3.05, 3.63) is 35.0 Å². The molecule has 1 fully saturated rings. The van der Waals surface area contributed by atoms with Gasteiger partial charge in [0.05, 0.1) is 11.5 Å². The van der Waals surface area contributed by atoms with Crippen LogP contribution >= 0.6 is 24.0 Å². The lowest BCUT2D eigenvalue weighted by Crippen LogP contribution is -2.29. The minimum Gasteiger partial charge on any atom is -0.466 e. The summed E-state index contributed by atoms with van der Waals surface area (Å²) in [5.41, 5.74) is 0.905. The van der Waals surface area contributed by atoms with Crippen LogP contribution in [0.3, 0.4) is 0 Å². The molecule has 5 nitrogen and oxygen atoms in total. The summed E-state index contributed by atoms with van der Waals surface area (Å²) in [6, 6.07) is 3.65. The molecule has 0 saturated carbocycles. The second-order valence-electron chi connectivity index (χ2n) is 4.52. The molecule has 1 aromatic rings. The predicted octanol–water partition coefficient (Wildman–Crippen LogP) is 2.63. The van der Waals surface area contributed by atoms with Gasteiger partial charge in [0.2, 0.25) is 0 Å². The van der Waals surface area contributed by atoms with E-state index in [4.69, 9.17) is 17.0 Å². The maximum atomic E-state index is 12.3. The molecule has 0 radical (unpaired) electrons. The molecule has 22 heavy (non-hydrogen) atoms. The molecular formula is C15H16N2O3S2. The molecule has 2 heterocycles. The average Bonchev–Trinajstić information content (AvgIpc) is 2.76. The van der Waals surface area contributed by atoms with Gasteiger partial charge in [-0.1, -0.05) is 24.0 Å². The van der Waals surface area contributed by atoms with Gasteiger partial charge in [0.25, 0.3) is 5.91 Å². The number of pyridine rings is 1. The first kappa shape index (κ1) is 16.6. The first-order valence-electron chi connectivity index (χ1n) is 6.93. The zero-order chi connectivity index (χ0) is 15.9. The highest BCUT2D eigenvalue weighted by molar-refractivity contribution is 8.26. The fourth-order valence-electron chi connectivity index (χ4n) is 1.92. The summed E-state index contributed by atoms with van der Waals surface area (Å²) < 4.78 is 5.39. The van der Waals surface area contributed by atoms with Crippen LogP contribution in [0, 0.1) is 0 Å². The Bertz CT molecular complexity index is 602. The SMILES string of the molecule is CCOC(=O)CCCN1C(=O)/C(=C/c2ccncc2)SC1=S. The fourth-order valence-corrected chi connectivity index (χ4v) is 3.23. The standard InChI is InChI=1S/C15H16N2O3S2/c1-2-20-13(18)4-3-9-17-14(19)12(22-15(17)21)10-11-5-7-16-8-6-11/h5-8,10H,2-4,9H2,1H3/b12-10-. The van der Waals surface area contributed by atoms with Crippen LogP contribution in [-0.2, 0) is 14.3 Å². The van der Waals surface area contributed by atoms with Crippen LogP contribution in [0.2, 0.25) is 0 Å². The summed E-state index contributed by atoms with van der Waals surface area (Å²) in [4.78, 5) is 29.7. The van der Waals surface area contributed by atoms with Gasteiger partial charge >= 0.3 is 5.97 Å². The first-order valence-corrected chi connectivity index (χ1v) is 8.15. The molecule has 0 bridgehead atoms. The number of amides is 1. The van der Waals surface area contributed by atoms with Crippen LogP contribution in [-0.4, -0.2) is 39.2 Å². The summed E-state index contributed by atoms with van der Waals surface area (Å²) in [6.07, 6.45) is 5.96. The lowest BCUT2D eigenvalue weighted by molar-refractivity contribution is -0.143. The highest BCUT2D eigenvalue weighted by atomic mass is 32.2. The van der Waals surface area contributed by atoms with Crippen molar-refractivity contribution in [2.75, 3.05) is 13.2 Å². The molecule has 0 aliphatic carbocycles. The van der Waals surface area contributed by atoms with Crippen molar-refractivity contribution in [3.8, 4) is 0 Å². The minimum absolute atomic E-state index is 0.115. The number of carbonyl (C=O) groups is 2. The second-order valence-corrected chi connectivity index (χ2v) is 6.20. The summed E-state index contributed by atoms with van der Waals surface area (Å²) in [5.74, 6) is -0.365. The van der Waals surface area contributed by atoms with Gasteiger partial charge < -0.3 is 4.74 Å². The van der Waals surface area contributed by atoms with Crippen LogP contribution < -0.4 is 0 Å². The van der Waals surface area contributed by atoms with E-state index in [2.05, 4.69) is 4.98 Å². The Kier molecular flexibility index (Phi) is 6.09. The number of aromatic nitrogens is 1. The number of thiocarbonyl (C=S) groups is 1. The van der Waals surface area contributed by atoms with Gasteiger partial charge in [0.15, 0.2) is 0 Å². The molecule has 0 N–H and O–H groups in total. The Hall–Kier alpha value is -1.73. The van der Waals surface area contributed by atoms with Gasteiger partial charge in [0.1, 0.15) is 4.32 Å². The molecule has 0 spiro atoms. The van der Waals surface area contributed by atoms with Crippen LogP contribution in [0.1, 0.15) is 25.3 Å². The van der Waals surface area contributed by atoms with E-state index in [1.165, 1.54) is 16.7 Å². The van der Waals surface area contributed by atoms with Gasteiger partial charge in [-0.05, 0) is 37.1 Å². The molecule has 0 unspecified atom stereocenters. The summed E-state index contributed by atoms with van der Waals surface area (Å²) >= 11 is 6.52. The Morgan fingerprint density at radius 2 is 2.18 bits per heavy atom. The lowest BCUT2D eigenvalue weighted by atomic mass is 10.2. The van der Waals surface area contributed by atoms with Crippen molar-refractivity contribution in [1.82, 2.24) is 9.88 Å². The number of hydrogen-bond acceptors (Lipinski definition) is 6. The van der Waals surface area contributed by atoms with Gasteiger partial charge in [-0.25, -0.2) is 0 Å². The van der Waals surface area contributed by atoms with Gasteiger partial charge in [-0.15, -0.1) is 0 Å². The van der Waals surface area contributed by atoms with Crippen molar-refractivity contribution in [2.24, 2.45) is 0 Å². The van der Waals surface area contributed by atoms with Gasteiger partial charge in [-0.3, -0.25) is 19.5 Å². The van der Waals surface area contributed by atoms with Crippen molar-refractivity contribution in [1.29, 1.82) is 0 Å². The molecule has 1 aromatic heterocycles. The predicted molar refractivity (Wildman–Crippen MR) is 90.0 cm³/mol. The monoisotopic (exact) mass is 336 g/mol. The summed E-state index contributed by atoms with van der Waals surface area (Å²) in [6.45, 7) is 2.57. The topological polar surface area (TPSA) is 59.5 Å². The van der Waals surface area contributed by atoms with Crippen molar-refractivity contribution in [3.63, 3.8) is 0 Å². The molecule has 116 valence electrons. The number of nitrogens with zero attached hydrogens (tertiary/aromatic N) is 2. The first-order chi connectivity index (χ1) is 10.6. The Balaban J connectivity index is 1.94. The molecular weight excluding hydrogens is 320 g/mol.